The summed E-state index contributed by atoms with van der Waals surface area (Å²) in [5, 5.41) is 11.3. The van der Waals surface area contributed by atoms with Crippen LogP contribution in [0.5, 0.6) is 0 Å². The van der Waals surface area contributed by atoms with Crippen molar-refractivity contribution in [1.29, 1.82) is 0 Å². The molecular formula is C27H43IO2. The van der Waals surface area contributed by atoms with Crippen LogP contribution in [0.3, 0.4) is 0 Å². The predicted molar refractivity (Wildman–Crippen MR) is 133 cm³/mol. The number of carbonyl (C=O) groups is 1. The number of halogens is 1. The second-order valence-corrected chi connectivity index (χ2v) is 12.9. The zero-order valence-corrected chi connectivity index (χ0v) is 21.7. The minimum atomic E-state index is -0.508. The maximum Gasteiger partial charge on any atom is 0.155 e. The average Bonchev–Trinajstić information content (AvgIpc) is 2.95. The normalized spacial score (nSPS) is 45.5. The first kappa shape index (κ1) is 23.3. The van der Waals surface area contributed by atoms with Gasteiger partial charge in [-0.15, -0.1) is 0 Å². The van der Waals surface area contributed by atoms with E-state index in [-0.39, 0.29) is 10.8 Å². The largest absolute Gasteiger partial charge is 0.390 e. The summed E-state index contributed by atoms with van der Waals surface area (Å²) in [7, 11) is 0. The van der Waals surface area contributed by atoms with Crippen LogP contribution in [0.25, 0.3) is 0 Å². The molecule has 4 rings (SSSR count). The van der Waals surface area contributed by atoms with Crippen molar-refractivity contribution in [2.24, 2.45) is 34.5 Å². The molecule has 0 saturated heterocycles. The maximum absolute atomic E-state index is 12.3. The number of aliphatic hydroxyl groups is 1. The highest BCUT2D eigenvalue weighted by atomic mass is 127. The molecule has 30 heavy (non-hydrogen) atoms. The standard InChI is InChI=1S/C27H43IO2/c1-25-13-10-21(29)18-20(25)17-19(9-7-5-4-6-8-16-28)24-22(25)11-14-26(2)23(24)12-15-27(26,3)30/h18-19,22-24,30H,4-17H2,1-3H3/t19-,22+,23+,24-,25+,26+,27+/m1/s1. The van der Waals surface area contributed by atoms with E-state index in [1.165, 1.54) is 61.4 Å². The van der Waals surface area contributed by atoms with Crippen LogP contribution in [0.4, 0.5) is 0 Å². The molecule has 0 radical (unpaired) electrons. The van der Waals surface area contributed by atoms with Crippen LogP contribution in [0.1, 0.15) is 104 Å². The second kappa shape index (κ2) is 8.80. The molecule has 0 aromatic carbocycles. The first-order valence-corrected chi connectivity index (χ1v) is 14.3. The van der Waals surface area contributed by atoms with Gasteiger partial charge in [0.1, 0.15) is 0 Å². The van der Waals surface area contributed by atoms with Crippen molar-refractivity contribution < 1.29 is 9.90 Å². The number of fused-ring (bicyclic) bond motifs is 5. The van der Waals surface area contributed by atoms with Crippen LogP contribution >= 0.6 is 22.6 Å². The molecule has 4 aliphatic carbocycles. The maximum atomic E-state index is 12.3. The summed E-state index contributed by atoms with van der Waals surface area (Å²) in [6.45, 7) is 7.00. The van der Waals surface area contributed by atoms with Crippen molar-refractivity contribution in [3.8, 4) is 0 Å². The van der Waals surface area contributed by atoms with Crippen LogP contribution in [0.15, 0.2) is 11.6 Å². The minimum absolute atomic E-state index is 0.0781. The van der Waals surface area contributed by atoms with Gasteiger partial charge in [0.2, 0.25) is 0 Å². The number of carbonyl (C=O) groups excluding carboxylic acids is 1. The third kappa shape index (κ3) is 3.86. The Balaban J connectivity index is 1.57. The van der Waals surface area contributed by atoms with Gasteiger partial charge in [-0.1, -0.05) is 67.7 Å². The van der Waals surface area contributed by atoms with Crippen molar-refractivity contribution in [3.05, 3.63) is 11.6 Å². The van der Waals surface area contributed by atoms with Gasteiger partial charge in [0.15, 0.2) is 5.78 Å². The molecule has 0 aliphatic heterocycles. The molecule has 3 heteroatoms. The molecule has 1 N–H and O–H groups in total. The van der Waals surface area contributed by atoms with Gasteiger partial charge in [0.05, 0.1) is 5.60 Å². The Hall–Kier alpha value is 0.1000. The second-order valence-electron chi connectivity index (χ2n) is 11.8. The third-order valence-corrected chi connectivity index (χ3v) is 11.2. The van der Waals surface area contributed by atoms with Crippen molar-refractivity contribution in [2.75, 3.05) is 4.43 Å². The molecule has 3 saturated carbocycles. The zero-order valence-electron chi connectivity index (χ0n) is 19.5. The highest BCUT2D eigenvalue weighted by molar-refractivity contribution is 14.1. The fourth-order valence-corrected chi connectivity index (χ4v) is 8.81. The van der Waals surface area contributed by atoms with Gasteiger partial charge < -0.3 is 5.11 Å². The van der Waals surface area contributed by atoms with E-state index in [1.54, 1.807) is 0 Å². The molecule has 170 valence electrons. The topological polar surface area (TPSA) is 37.3 Å². The van der Waals surface area contributed by atoms with E-state index in [2.05, 4.69) is 49.4 Å². The lowest BCUT2D eigenvalue weighted by Gasteiger charge is -2.61. The third-order valence-electron chi connectivity index (χ3n) is 10.4. The molecule has 4 aliphatic rings. The van der Waals surface area contributed by atoms with Gasteiger partial charge in [-0.2, -0.15) is 0 Å². The Bertz CT molecular complexity index is 682. The molecule has 3 fully saturated rings. The lowest BCUT2D eigenvalue weighted by molar-refractivity contribution is -0.135. The number of hydrogen-bond acceptors (Lipinski definition) is 2. The van der Waals surface area contributed by atoms with Crippen LogP contribution in [-0.4, -0.2) is 20.9 Å². The summed E-state index contributed by atoms with van der Waals surface area (Å²) in [5.74, 6) is 3.18. The number of alkyl halides is 1. The smallest absolute Gasteiger partial charge is 0.155 e. The van der Waals surface area contributed by atoms with Crippen LogP contribution in [-0.2, 0) is 4.79 Å². The lowest BCUT2D eigenvalue weighted by atomic mass is 9.44. The molecule has 0 bridgehead atoms. The highest BCUT2D eigenvalue weighted by Gasteiger charge is 2.64. The fraction of sp³-hybridized carbons (Fsp3) is 0.889. The highest BCUT2D eigenvalue weighted by Crippen LogP contribution is 2.69. The van der Waals surface area contributed by atoms with Crippen LogP contribution in [0.2, 0.25) is 0 Å². The molecule has 2 nitrogen and oxygen atoms in total. The van der Waals surface area contributed by atoms with Crippen molar-refractivity contribution >= 4 is 28.4 Å². The molecular weight excluding hydrogens is 483 g/mol. The molecule has 7 atom stereocenters. The number of allylic oxidation sites excluding steroid dienone is 1. The summed E-state index contributed by atoms with van der Waals surface area (Å²) >= 11 is 2.49. The fourth-order valence-electron chi connectivity index (χ4n) is 8.28. The first-order chi connectivity index (χ1) is 14.2. The van der Waals surface area contributed by atoms with E-state index in [0.29, 0.717) is 23.5 Å². The Labute approximate surface area is 198 Å². The average molecular weight is 527 g/mol. The predicted octanol–water partition coefficient (Wildman–Crippen LogP) is 7.27. The van der Waals surface area contributed by atoms with Gasteiger partial charge in [0.25, 0.3) is 0 Å². The van der Waals surface area contributed by atoms with Gasteiger partial charge in [-0.3, -0.25) is 4.79 Å². The Morgan fingerprint density at radius 2 is 1.70 bits per heavy atom. The van der Waals surface area contributed by atoms with Crippen molar-refractivity contribution in [3.63, 3.8) is 0 Å². The Morgan fingerprint density at radius 1 is 1.00 bits per heavy atom. The number of ketones is 1. The van der Waals surface area contributed by atoms with Crippen molar-refractivity contribution in [1.82, 2.24) is 0 Å². The molecule has 0 unspecified atom stereocenters. The van der Waals surface area contributed by atoms with E-state index < -0.39 is 5.60 Å². The van der Waals surface area contributed by atoms with Gasteiger partial charge in [-0.05, 0) is 103 Å². The van der Waals surface area contributed by atoms with E-state index in [9.17, 15) is 9.90 Å². The van der Waals surface area contributed by atoms with E-state index in [1.807, 2.05) is 0 Å². The molecule has 0 spiro atoms. The van der Waals surface area contributed by atoms with E-state index in [4.69, 9.17) is 0 Å². The van der Waals surface area contributed by atoms with Gasteiger partial charge in [-0.25, -0.2) is 0 Å². The molecule has 0 heterocycles. The lowest BCUT2D eigenvalue weighted by Crippen LogP contribution is -2.56. The van der Waals surface area contributed by atoms with Crippen LogP contribution < -0.4 is 0 Å². The molecule has 0 aromatic heterocycles. The zero-order chi connectivity index (χ0) is 21.6. The first-order valence-electron chi connectivity index (χ1n) is 12.8. The molecule has 0 aromatic rings. The molecule has 0 amide bonds. The van der Waals surface area contributed by atoms with Crippen molar-refractivity contribution in [2.45, 2.75) is 110 Å². The number of hydrogen-bond donors (Lipinski definition) is 1. The summed E-state index contributed by atoms with van der Waals surface area (Å²) in [5.41, 5.74) is 1.29. The monoisotopic (exact) mass is 526 g/mol. The quantitative estimate of drug-likeness (QED) is 0.215. The number of unbranched alkanes of at least 4 members (excludes halogenated alkanes) is 4. The van der Waals surface area contributed by atoms with E-state index >= 15 is 0 Å². The SMILES string of the molecule is C[C@]12CCC(=O)C=C1C[C@@H](CCCCCCCI)[C@@H]1[C@@H]2CC[C@@]2(C)[C@H]1CC[C@]2(C)O. The van der Waals surface area contributed by atoms with E-state index in [0.717, 1.165) is 38.0 Å². The summed E-state index contributed by atoms with van der Waals surface area (Å²) in [6.07, 6.45) is 17.7. The summed E-state index contributed by atoms with van der Waals surface area (Å²) in [6, 6.07) is 0. The number of rotatable bonds is 7. The van der Waals surface area contributed by atoms with Crippen LogP contribution in [0, 0.1) is 34.5 Å². The van der Waals surface area contributed by atoms with Gasteiger partial charge in [0, 0.05) is 6.42 Å². The van der Waals surface area contributed by atoms with Gasteiger partial charge >= 0.3 is 0 Å². The summed E-state index contributed by atoms with van der Waals surface area (Å²) in [4.78, 5) is 12.3. The summed E-state index contributed by atoms with van der Waals surface area (Å²) < 4.78 is 1.28. The Morgan fingerprint density at radius 3 is 2.47 bits per heavy atom. The minimum Gasteiger partial charge on any atom is -0.390 e. The Kier molecular flexibility index (Phi) is 6.82.